The number of hydrogen-bond donors (Lipinski definition) is 0. The maximum atomic E-state index is 2.42. The highest BCUT2D eigenvalue weighted by molar-refractivity contribution is 7.96. The van der Waals surface area contributed by atoms with Crippen LogP contribution in [-0.4, -0.2) is 11.5 Å². The van der Waals surface area contributed by atoms with Gasteiger partial charge in [0.25, 0.3) is 0 Å². The molecule has 1 aromatic rings. The highest BCUT2D eigenvalue weighted by Gasteiger charge is 2.20. The van der Waals surface area contributed by atoms with Crippen molar-refractivity contribution in [2.75, 3.05) is 11.5 Å². The summed E-state index contributed by atoms with van der Waals surface area (Å²) < 4.78 is 0. The van der Waals surface area contributed by atoms with Gasteiger partial charge in [-0.25, -0.2) is 0 Å². The van der Waals surface area contributed by atoms with Gasteiger partial charge in [-0.3, -0.25) is 0 Å². The Morgan fingerprint density at radius 3 is 1.17 bits per heavy atom. The van der Waals surface area contributed by atoms with Gasteiger partial charge in [-0.15, -0.1) is 0 Å². The largest absolute Gasteiger partial charge is 0.154 e. The number of benzene rings is 1. The van der Waals surface area contributed by atoms with Crippen molar-refractivity contribution >= 4 is 10.9 Å². The van der Waals surface area contributed by atoms with Gasteiger partial charge in [0.15, 0.2) is 4.90 Å². The molecule has 0 aliphatic heterocycles. The molecule has 0 fully saturated rings. The second-order valence-electron chi connectivity index (χ2n) is 9.37. The number of rotatable bonds is 21. The van der Waals surface area contributed by atoms with Gasteiger partial charge >= 0.3 is 0 Å². The molecule has 0 saturated carbocycles. The standard InChI is InChI=1S/C29H53S/c1-4-6-8-10-12-14-16-18-20-26-30(29-24-22-28(3)23-25-29)27-21-19-17-15-13-11-9-7-5-2/h22-25H,4-21,26-27H2,1-3H3/q+1. The summed E-state index contributed by atoms with van der Waals surface area (Å²) in [4.78, 5) is 1.62. The van der Waals surface area contributed by atoms with Crippen LogP contribution in [0.1, 0.15) is 135 Å². The Labute approximate surface area is 193 Å². The highest BCUT2D eigenvalue weighted by Crippen LogP contribution is 2.20. The van der Waals surface area contributed by atoms with Crippen LogP contribution < -0.4 is 0 Å². The topological polar surface area (TPSA) is 0 Å². The molecule has 0 aliphatic rings. The van der Waals surface area contributed by atoms with Gasteiger partial charge < -0.3 is 0 Å². The summed E-state index contributed by atoms with van der Waals surface area (Å²) in [5, 5.41) is 0. The van der Waals surface area contributed by atoms with Gasteiger partial charge in [-0.05, 0) is 44.7 Å². The van der Waals surface area contributed by atoms with Crippen molar-refractivity contribution in [3.8, 4) is 0 Å². The maximum absolute atomic E-state index is 2.42. The number of aryl methyl sites for hydroxylation is 1. The van der Waals surface area contributed by atoms with Gasteiger partial charge in [-0.2, -0.15) is 0 Å². The van der Waals surface area contributed by atoms with E-state index in [1.54, 1.807) is 4.90 Å². The van der Waals surface area contributed by atoms with E-state index in [4.69, 9.17) is 0 Å². The molecule has 30 heavy (non-hydrogen) atoms. The lowest BCUT2D eigenvalue weighted by molar-refractivity contribution is 0.571. The van der Waals surface area contributed by atoms with E-state index >= 15 is 0 Å². The van der Waals surface area contributed by atoms with Gasteiger partial charge in [0.2, 0.25) is 0 Å². The quantitative estimate of drug-likeness (QED) is 0.134. The van der Waals surface area contributed by atoms with Crippen molar-refractivity contribution in [3.05, 3.63) is 29.8 Å². The van der Waals surface area contributed by atoms with Crippen LogP contribution in [0.25, 0.3) is 0 Å². The van der Waals surface area contributed by atoms with Gasteiger partial charge in [0.05, 0.1) is 0 Å². The average Bonchev–Trinajstić information content (AvgIpc) is 2.76. The summed E-state index contributed by atoms with van der Waals surface area (Å²) in [7, 11) is 0.481. The molecule has 0 heterocycles. The molecular formula is C29H53S+. The molecule has 0 atom stereocenters. The lowest BCUT2D eigenvalue weighted by atomic mass is 10.1. The molecule has 0 unspecified atom stereocenters. The maximum Gasteiger partial charge on any atom is 0.154 e. The summed E-state index contributed by atoms with van der Waals surface area (Å²) in [6.07, 6.45) is 25.9. The summed E-state index contributed by atoms with van der Waals surface area (Å²) in [5.41, 5.74) is 1.40. The van der Waals surface area contributed by atoms with Crippen LogP contribution in [0.2, 0.25) is 0 Å². The van der Waals surface area contributed by atoms with Crippen LogP contribution in [0, 0.1) is 6.92 Å². The predicted molar refractivity (Wildman–Crippen MR) is 141 cm³/mol. The van der Waals surface area contributed by atoms with E-state index in [-0.39, 0.29) is 0 Å². The van der Waals surface area contributed by atoms with Crippen LogP contribution in [-0.2, 0) is 10.9 Å². The van der Waals surface area contributed by atoms with Crippen LogP contribution in [0.5, 0.6) is 0 Å². The SMILES string of the molecule is CCCCCCCCCCC[S+](CCCCCCCCCCC)c1ccc(C)cc1. The summed E-state index contributed by atoms with van der Waals surface area (Å²) >= 11 is 0. The van der Waals surface area contributed by atoms with E-state index in [0.717, 1.165) is 0 Å². The third kappa shape index (κ3) is 15.4. The lowest BCUT2D eigenvalue weighted by Crippen LogP contribution is -2.13. The number of hydrogen-bond acceptors (Lipinski definition) is 0. The van der Waals surface area contributed by atoms with E-state index in [1.165, 1.54) is 133 Å². The van der Waals surface area contributed by atoms with E-state index in [0.29, 0.717) is 10.9 Å². The Balaban J connectivity index is 2.20. The molecule has 0 radical (unpaired) electrons. The van der Waals surface area contributed by atoms with Crippen LogP contribution in [0.4, 0.5) is 0 Å². The Hall–Kier alpha value is -0.430. The smallest absolute Gasteiger partial charge is 0.0654 e. The van der Waals surface area contributed by atoms with Crippen LogP contribution in [0.15, 0.2) is 29.2 Å². The molecule has 0 spiro atoms. The normalized spacial score (nSPS) is 11.5. The molecule has 174 valence electrons. The molecule has 0 saturated heterocycles. The Morgan fingerprint density at radius 2 is 0.800 bits per heavy atom. The van der Waals surface area contributed by atoms with E-state index in [1.807, 2.05) is 0 Å². The fourth-order valence-electron chi connectivity index (χ4n) is 4.24. The molecule has 0 aromatic heterocycles. The van der Waals surface area contributed by atoms with Crippen molar-refractivity contribution in [1.29, 1.82) is 0 Å². The first-order chi connectivity index (χ1) is 14.8. The molecule has 0 amide bonds. The minimum atomic E-state index is 0.481. The Kier molecular flexibility index (Phi) is 18.8. The van der Waals surface area contributed by atoms with Crippen LogP contribution in [0.3, 0.4) is 0 Å². The predicted octanol–water partition coefficient (Wildman–Crippen LogP) is 10.0. The second kappa shape index (κ2) is 20.5. The summed E-state index contributed by atoms with van der Waals surface area (Å²) in [6, 6.07) is 9.48. The minimum absolute atomic E-state index is 0.481. The molecular weight excluding hydrogens is 380 g/mol. The molecule has 1 rings (SSSR count). The Morgan fingerprint density at radius 1 is 0.467 bits per heavy atom. The molecule has 1 aromatic carbocycles. The molecule has 0 nitrogen and oxygen atoms in total. The third-order valence-corrected chi connectivity index (χ3v) is 8.84. The van der Waals surface area contributed by atoms with Crippen molar-refractivity contribution in [2.24, 2.45) is 0 Å². The van der Waals surface area contributed by atoms with Crippen molar-refractivity contribution in [3.63, 3.8) is 0 Å². The monoisotopic (exact) mass is 433 g/mol. The van der Waals surface area contributed by atoms with Crippen molar-refractivity contribution in [2.45, 2.75) is 141 Å². The second-order valence-corrected chi connectivity index (χ2v) is 11.6. The fraction of sp³-hybridized carbons (Fsp3) is 0.793. The minimum Gasteiger partial charge on any atom is -0.0654 e. The molecule has 0 aliphatic carbocycles. The third-order valence-electron chi connectivity index (χ3n) is 6.34. The Bertz CT molecular complexity index is 442. The highest BCUT2D eigenvalue weighted by atomic mass is 32.2. The zero-order valence-corrected chi connectivity index (χ0v) is 21.7. The van der Waals surface area contributed by atoms with Gasteiger partial charge in [-0.1, -0.05) is 121 Å². The fourth-order valence-corrected chi connectivity index (χ4v) is 6.54. The first-order valence-corrected chi connectivity index (χ1v) is 15.1. The van der Waals surface area contributed by atoms with Gasteiger partial charge in [0.1, 0.15) is 11.5 Å². The molecule has 0 bridgehead atoms. The van der Waals surface area contributed by atoms with Crippen molar-refractivity contribution in [1.82, 2.24) is 0 Å². The summed E-state index contributed by atoms with van der Waals surface area (Å²) in [5.74, 6) is 2.85. The lowest BCUT2D eigenvalue weighted by Gasteiger charge is -2.10. The molecule has 0 N–H and O–H groups in total. The first kappa shape index (κ1) is 27.6. The van der Waals surface area contributed by atoms with E-state index in [9.17, 15) is 0 Å². The van der Waals surface area contributed by atoms with E-state index in [2.05, 4.69) is 45.0 Å². The number of unbranched alkanes of at least 4 members (excludes halogenated alkanes) is 16. The van der Waals surface area contributed by atoms with E-state index < -0.39 is 0 Å². The molecule has 1 heteroatoms. The average molecular weight is 434 g/mol. The van der Waals surface area contributed by atoms with Gasteiger partial charge in [0, 0.05) is 10.9 Å². The van der Waals surface area contributed by atoms with Crippen LogP contribution >= 0.6 is 0 Å². The zero-order chi connectivity index (χ0) is 21.7. The van der Waals surface area contributed by atoms with Crippen molar-refractivity contribution < 1.29 is 0 Å². The summed E-state index contributed by atoms with van der Waals surface area (Å²) in [6.45, 7) is 6.82. The first-order valence-electron chi connectivity index (χ1n) is 13.5. The zero-order valence-electron chi connectivity index (χ0n) is 20.9.